The van der Waals surface area contributed by atoms with Crippen LogP contribution in [0.25, 0.3) is 0 Å². The van der Waals surface area contributed by atoms with Crippen molar-refractivity contribution < 1.29 is 5.11 Å². The molecule has 82 valence electrons. The van der Waals surface area contributed by atoms with Crippen molar-refractivity contribution in [1.82, 2.24) is 0 Å². The molecule has 0 unspecified atom stereocenters. The second-order valence-electron chi connectivity index (χ2n) is 3.53. The predicted octanol–water partition coefficient (Wildman–Crippen LogP) is 2.49. The van der Waals surface area contributed by atoms with E-state index >= 15 is 0 Å². The molecule has 0 spiro atoms. The van der Waals surface area contributed by atoms with Crippen molar-refractivity contribution in [3.8, 4) is 0 Å². The van der Waals surface area contributed by atoms with E-state index in [9.17, 15) is 0 Å². The van der Waals surface area contributed by atoms with Gasteiger partial charge in [-0.2, -0.15) is 11.8 Å². The van der Waals surface area contributed by atoms with Gasteiger partial charge in [0, 0.05) is 34.8 Å². The molecule has 1 fully saturated rings. The summed E-state index contributed by atoms with van der Waals surface area (Å²) in [6, 6.07) is 6.18. The molecule has 1 aliphatic heterocycles. The summed E-state index contributed by atoms with van der Waals surface area (Å²) >= 11 is 5.49. The molecule has 1 aliphatic rings. The Bertz CT molecular complexity index is 339. The molecule has 0 aliphatic carbocycles. The average Bonchev–Trinajstić information content (AvgIpc) is 2.30. The maximum atomic E-state index is 9.07. The van der Waals surface area contributed by atoms with Gasteiger partial charge in [-0.05, 0) is 17.7 Å². The average molecular weight is 288 g/mol. The number of halogens is 1. The Morgan fingerprint density at radius 1 is 1.33 bits per heavy atom. The fourth-order valence-corrected chi connectivity index (χ4v) is 3.08. The van der Waals surface area contributed by atoms with E-state index in [1.54, 1.807) is 0 Å². The third-order valence-corrected chi connectivity index (χ3v) is 4.26. The Morgan fingerprint density at radius 2 is 2.07 bits per heavy atom. The molecular formula is C11H14BrNOS. The minimum atomic E-state index is 0.0940. The lowest BCUT2D eigenvalue weighted by Gasteiger charge is -2.28. The van der Waals surface area contributed by atoms with E-state index in [0.717, 1.165) is 23.1 Å². The van der Waals surface area contributed by atoms with Crippen LogP contribution in [-0.2, 0) is 6.61 Å². The van der Waals surface area contributed by atoms with Crippen LogP contribution in [0.1, 0.15) is 5.56 Å². The number of thioether (sulfide) groups is 1. The van der Waals surface area contributed by atoms with Gasteiger partial charge in [0.15, 0.2) is 0 Å². The highest BCUT2D eigenvalue weighted by Gasteiger charge is 2.11. The van der Waals surface area contributed by atoms with Gasteiger partial charge in [0.1, 0.15) is 0 Å². The summed E-state index contributed by atoms with van der Waals surface area (Å²) in [6.07, 6.45) is 0. The number of benzene rings is 1. The van der Waals surface area contributed by atoms with Crippen LogP contribution in [-0.4, -0.2) is 29.7 Å². The zero-order valence-corrected chi connectivity index (χ0v) is 10.9. The van der Waals surface area contributed by atoms with Gasteiger partial charge in [0.25, 0.3) is 0 Å². The lowest BCUT2D eigenvalue weighted by molar-refractivity contribution is 0.281. The van der Waals surface area contributed by atoms with Crippen molar-refractivity contribution in [2.24, 2.45) is 0 Å². The van der Waals surface area contributed by atoms with E-state index in [2.05, 4.69) is 33.0 Å². The molecule has 1 heterocycles. The fourth-order valence-electron chi connectivity index (χ4n) is 1.68. The van der Waals surface area contributed by atoms with E-state index in [0.29, 0.717) is 0 Å². The first-order valence-corrected chi connectivity index (χ1v) is 6.98. The van der Waals surface area contributed by atoms with Crippen LogP contribution in [0, 0.1) is 0 Å². The highest BCUT2D eigenvalue weighted by Crippen LogP contribution is 2.26. The molecule has 0 amide bonds. The van der Waals surface area contributed by atoms with E-state index in [1.807, 2.05) is 17.8 Å². The number of nitrogens with zero attached hydrogens (tertiary/aromatic N) is 1. The maximum Gasteiger partial charge on any atom is 0.0692 e. The Kier molecular flexibility index (Phi) is 3.94. The highest BCUT2D eigenvalue weighted by atomic mass is 79.9. The predicted molar refractivity (Wildman–Crippen MR) is 69.6 cm³/mol. The lowest BCUT2D eigenvalue weighted by atomic mass is 10.2. The standard InChI is InChI=1S/C11H14BrNOS/c12-11-7-10(2-1-9(11)8-14)13-3-5-15-6-4-13/h1-2,7,14H,3-6,8H2. The van der Waals surface area contributed by atoms with E-state index in [4.69, 9.17) is 5.11 Å². The van der Waals surface area contributed by atoms with Crippen LogP contribution in [0.15, 0.2) is 22.7 Å². The molecule has 1 N–H and O–H groups in total. The summed E-state index contributed by atoms with van der Waals surface area (Å²) in [6.45, 7) is 2.34. The van der Waals surface area contributed by atoms with Crippen LogP contribution < -0.4 is 4.90 Å². The summed E-state index contributed by atoms with van der Waals surface area (Å²) in [7, 11) is 0. The molecular weight excluding hydrogens is 274 g/mol. The van der Waals surface area contributed by atoms with E-state index in [1.165, 1.54) is 17.2 Å². The molecule has 2 nitrogen and oxygen atoms in total. The zero-order chi connectivity index (χ0) is 10.7. The Morgan fingerprint density at radius 3 is 2.67 bits per heavy atom. The third-order valence-electron chi connectivity index (χ3n) is 2.58. The van der Waals surface area contributed by atoms with E-state index < -0.39 is 0 Å². The Hall–Kier alpha value is -0.190. The van der Waals surface area contributed by atoms with Gasteiger partial charge in [0.2, 0.25) is 0 Å². The molecule has 1 saturated heterocycles. The molecule has 0 radical (unpaired) electrons. The summed E-state index contributed by atoms with van der Waals surface area (Å²) in [4.78, 5) is 2.39. The van der Waals surface area contributed by atoms with Gasteiger partial charge in [0.05, 0.1) is 6.61 Å². The molecule has 0 aromatic heterocycles. The highest BCUT2D eigenvalue weighted by molar-refractivity contribution is 9.10. The first kappa shape index (κ1) is 11.3. The zero-order valence-electron chi connectivity index (χ0n) is 8.45. The number of aliphatic hydroxyl groups is 1. The van der Waals surface area contributed by atoms with Crippen LogP contribution in [0.5, 0.6) is 0 Å². The first-order valence-electron chi connectivity index (χ1n) is 5.03. The SMILES string of the molecule is OCc1ccc(N2CCSCC2)cc1Br. The van der Waals surface area contributed by atoms with Crippen molar-refractivity contribution in [3.63, 3.8) is 0 Å². The number of rotatable bonds is 2. The molecule has 1 aromatic carbocycles. The lowest BCUT2D eigenvalue weighted by Crippen LogP contribution is -2.32. The van der Waals surface area contributed by atoms with E-state index in [-0.39, 0.29) is 6.61 Å². The largest absolute Gasteiger partial charge is 0.392 e. The van der Waals surface area contributed by atoms with Crippen LogP contribution in [0.3, 0.4) is 0 Å². The maximum absolute atomic E-state index is 9.07. The molecule has 15 heavy (non-hydrogen) atoms. The topological polar surface area (TPSA) is 23.5 Å². The van der Waals surface area contributed by atoms with Gasteiger partial charge in [-0.3, -0.25) is 0 Å². The van der Waals surface area contributed by atoms with Crippen molar-refractivity contribution in [2.75, 3.05) is 29.5 Å². The van der Waals surface area contributed by atoms with Crippen molar-refractivity contribution in [3.05, 3.63) is 28.2 Å². The van der Waals surface area contributed by atoms with Gasteiger partial charge in [-0.15, -0.1) is 0 Å². The minimum absolute atomic E-state index is 0.0940. The molecule has 0 saturated carbocycles. The normalized spacial score (nSPS) is 16.8. The smallest absolute Gasteiger partial charge is 0.0692 e. The minimum Gasteiger partial charge on any atom is -0.392 e. The Labute approximate surface area is 103 Å². The molecule has 1 aromatic rings. The summed E-state index contributed by atoms with van der Waals surface area (Å²) in [5, 5.41) is 9.07. The monoisotopic (exact) mass is 287 g/mol. The first-order chi connectivity index (χ1) is 7.31. The van der Waals surface area contributed by atoms with Crippen molar-refractivity contribution in [2.45, 2.75) is 6.61 Å². The summed E-state index contributed by atoms with van der Waals surface area (Å²) in [5.41, 5.74) is 2.20. The number of aliphatic hydroxyl groups excluding tert-OH is 1. The van der Waals surface area contributed by atoms with Crippen LogP contribution in [0.2, 0.25) is 0 Å². The number of anilines is 1. The second-order valence-corrected chi connectivity index (χ2v) is 5.61. The summed E-state index contributed by atoms with van der Waals surface area (Å²) < 4.78 is 1.00. The van der Waals surface area contributed by atoms with Gasteiger partial charge in [-0.1, -0.05) is 22.0 Å². The fraction of sp³-hybridized carbons (Fsp3) is 0.455. The third kappa shape index (κ3) is 2.68. The molecule has 0 bridgehead atoms. The number of hydrogen-bond acceptors (Lipinski definition) is 3. The van der Waals surface area contributed by atoms with Crippen molar-refractivity contribution >= 4 is 33.4 Å². The second kappa shape index (κ2) is 5.23. The quantitative estimate of drug-likeness (QED) is 0.904. The van der Waals surface area contributed by atoms with Gasteiger partial charge in [-0.25, -0.2) is 0 Å². The van der Waals surface area contributed by atoms with Gasteiger partial charge < -0.3 is 10.0 Å². The summed E-state index contributed by atoms with van der Waals surface area (Å²) in [5.74, 6) is 2.42. The number of hydrogen-bond donors (Lipinski definition) is 1. The molecule has 4 heteroatoms. The molecule has 0 atom stereocenters. The molecule has 2 rings (SSSR count). The van der Waals surface area contributed by atoms with Crippen molar-refractivity contribution in [1.29, 1.82) is 0 Å². The Balaban J connectivity index is 2.17. The van der Waals surface area contributed by atoms with Crippen LogP contribution >= 0.6 is 27.7 Å². The van der Waals surface area contributed by atoms with Crippen LogP contribution in [0.4, 0.5) is 5.69 Å². The van der Waals surface area contributed by atoms with Gasteiger partial charge >= 0.3 is 0 Å².